The normalized spacial score (nSPS) is 17.6. The fourth-order valence-corrected chi connectivity index (χ4v) is 3.52. The maximum atomic E-state index is 12.2. The van der Waals surface area contributed by atoms with E-state index in [-0.39, 0.29) is 12.1 Å². The van der Waals surface area contributed by atoms with Crippen LogP contribution in [0.1, 0.15) is 30.1 Å². The Kier molecular flexibility index (Phi) is 4.24. The van der Waals surface area contributed by atoms with E-state index in [0.717, 1.165) is 31.8 Å². The Morgan fingerprint density at radius 1 is 1.57 bits per heavy atom. The van der Waals surface area contributed by atoms with Gasteiger partial charge in [0.15, 0.2) is 0 Å². The molecule has 2 aromatic rings. The van der Waals surface area contributed by atoms with E-state index in [1.54, 1.807) is 11.3 Å². The zero-order chi connectivity index (χ0) is 14.7. The third-order valence-corrected chi connectivity index (χ3v) is 4.87. The van der Waals surface area contributed by atoms with Crippen LogP contribution in [0.4, 0.5) is 4.79 Å². The largest absolute Gasteiger partial charge is 0.336 e. The molecule has 112 valence electrons. The molecule has 21 heavy (non-hydrogen) atoms. The molecule has 1 fully saturated rings. The maximum Gasteiger partial charge on any atom is 0.318 e. The summed E-state index contributed by atoms with van der Waals surface area (Å²) in [6, 6.07) is 4.45. The molecule has 0 unspecified atom stereocenters. The highest BCUT2D eigenvalue weighted by atomic mass is 32.1. The molecule has 1 aliphatic rings. The highest BCUT2D eigenvalue weighted by Gasteiger charge is 2.33. The first kappa shape index (κ1) is 14.1. The summed E-state index contributed by atoms with van der Waals surface area (Å²) < 4.78 is 2.09. The van der Waals surface area contributed by atoms with Gasteiger partial charge in [-0.3, -0.25) is 0 Å². The first-order chi connectivity index (χ1) is 10.3. The number of amides is 2. The zero-order valence-electron chi connectivity index (χ0n) is 12.2. The van der Waals surface area contributed by atoms with Crippen molar-refractivity contribution in [3.05, 3.63) is 40.6 Å². The molecule has 0 bridgehead atoms. The molecule has 2 aromatic heterocycles. The summed E-state index contributed by atoms with van der Waals surface area (Å²) in [5, 5.41) is 5.07. The van der Waals surface area contributed by atoms with Crippen molar-refractivity contribution in [3.8, 4) is 0 Å². The number of imidazole rings is 1. The lowest BCUT2D eigenvalue weighted by Crippen LogP contribution is -2.50. The number of hydrogen-bond acceptors (Lipinski definition) is 3. The Hall–Kier alpha value is -1.82. The van der Waals surface area contributed by atoms with E-state index in [1.807, 2.05) is 23.4 Å². The van der Waals surface area contributed by atoms with Crippen molar-refractivity contribution in [1.82, 2.24) is 19.8 Å². The molecule has 2 amide bonds. The van der Waals surface area contributed by atoms with Gasteiger partial charge >= 0.3 is 6.03 Å². The van der Waals surface area contributed by atoms with E-state index in [9.17, 15) is 4.79 Å². The van der Waals surface area contributed by atoms with E-state index in [1.165, 1.54) is 4.88 Å². The standard InChI is InChI=1S/C15H20N4OS/c1-2-14-16-6-9-18(14)10-7-17-15(20)19-8-5-12(19)13-4-3-11-21-13/h3-4,6,9,11-12H,2,5,7-8,10H2,1H3,(H,17,20)/t12-/m1/s1. The third kappa shape index (κ3) is 2.95. The number of rotatable bonds is 5. The topological polar surface area (TPSA) is 50.2 Å². The van der Waals surface area contributed by atoms with Crippen LogP contribution in [0, 0.1) is 0 Å². The summed E-state index contributed by atoms with van der Waals surface area (Å²) >= 11 is 1.72. The lowest BCUT2D eigenvalue weighted by Gasteiger charge is -2.40. The van der Waals surface area contributed by atoms with Gasteiger partial charge in [-0.25, -0.2) is 9.78 Å². The fraction of sp³-hybridized carbons (Fsp3) is 0.467. The second kappa shape index (κ2) is 6.30. The Balaban J connectivity index is 1.49. The lowest BCUT2D eigenvalue weighted by molar-refractivity contribution is 0.117. The van der Waals surface area contributed by atoms with E-state index in [4.69, 9.17) is 0 Å². The van der Waals surface area contributed by atoms with Crippen LogP contribution < -0.4 is 5.32 Å². The molecule has 5 nitrogen and oxygen atoms in total. The van der Waals surface area contributed by atoms with E-state index >= 15 is 0 Å². The predicted octanol–water partition coefficient (Wildman–Crippen LogP) is 2.66. The molecule has 0 radical (unpaired) electrons. The molecular formula is C15H20N4OS. The first-order valence-corrected chi connectivity index (χ1v) is 8.25. The summed E-state index contributed by atoms with van der Waals surface area (Å²) in [6.07, 6.45) is 5.74. The number of aromatic nitrogens is 2. The van der Waals surface area contributed by atoms with Gasteiger partial charge in [-0.15, -0.1) is 11.3 Å². The molecule has 3 rings (SSSR count). The second-order valence-corrected chi connectivity index (χ2v) is 6.11. The fourth-order valence-electron chi connectivity index (χ4n) is 2.65. The molecule has 1 saturated heterocycles. The molecule has 1 aliphatic heterocycles. The summed E-state index contributed by atoms with van der Waals surface area (Å²) in [5.74, 6) is 1.06. The van der Waals surface area contributed by atoms with E-state index in [0.29, 0.717) is 6.54 Å². The van der Waals surface area contributed by atoms with Crippen LogP contribution in [0.5, 0.6) is 0 Å². The number of carbonyl (C=O) groups is 1. The van der Waals surface area contributed by atoms with Gasteiger partial charge in [0.25, 0.3) is 0 Å². The molecule has 6 heteroatoms. The van der Waals surface area contributed by atoms with Gasteiger partial charge in [-0.2, -0.15) is 0 Å². The quantitative estimate of drug-likeness (QED) is 0.923. The predicted molar refractivity (Wildman–Crippen MR) is 83.4 cm³/mol. The highest BCUT2D eigenvalue weighted by molar-refractivity contribution is 7.10. The first-order valence-electron chi connectivity index (χ1n) is 7.37. The average Bonchev–Trinajstić information content (AvgIpc) is 3.08. The molecular weight excluding hydrogens is 284 g/mol. The molecule has 0 aliphatic carbocycles. The summed E-state index contributed by atoms with van der Waals surface area (Å²) in [4.78, 5) is 19.7. The monoisotopic (exact) mass is 304 g/mol. The Bertz CT molecular complexity index is 593. The molecule has 0 aromatic carbocycles. The van der Waals surface area contributed by atoms with Crippen molar-refractivity contribution in [2.45, 2.75) is 32.4 Å². The van der Waals surface area contributed by atoms with Crippen molar-refractivity contribution in [2.24, 2.45) is 0 Å². The SMILES string of the molecule is CCc1nccn1CCNC(=O)N1CC[C@@H]1c1cccs1. The minimum atomic E-state index is 0.0396. The van der Waals surface area contributed by atoms with Gasteiger partial charge in [0.1, 0.15) is 5.82 Å². The zero-order valence-corrected chi connectivity index (χ0v) is 13.0. The van der Waals surface area contributed by atoms with Crippen LogP contribution >= 0.6 is 11.3 Å². The Morgan fingerprint density at radius 2 is 2.48 bits per heavy atom. The minimum Gasteiger partial charge on any atom is -0.336 e. The molecule has 0 spiro atoms. The van der Waals surface area contributed by atoms with Crippen molar-refractivity contribution in [3.63, 3.8) is 0 Å². The number of aryl methyl sites for hydroxylation is 1. The average molecular weight is 304 g/mol. The van der Waals surface area contributed by atoms with Crippen LogP contribution in [-0.4, -0.2) is 33.6 Å². The second-order valence-electron chi connectivity index (χ2n) is 5.14. The molecule has 1 N–H and O–H groups in total. The van der Waals surface area contributed by atoms with Crippen molar-refractivity contribution in [1.29, 1.82) is 0 Å². The van der Waals surface area contributed by atoms with Crippen molar-refractivity contribution >= 4 is 17.4 Å². The van der Waals surface area contributed by atoms with Gasteiger partial charge in [0, 0.05) is 43.3 Å². The van der Waals surface area contributed by atoms with Gasteiger partial charge in [-0.1, -0.05) is 13.0 Å². The summed E-state index contributed by atoms with van der Waals surface area (Å²) in [7, 11) is 0. The van der Waals surface area contributed by atoms with Crippen molar-refractivity contribution in [2.75, 3.05) is 13.1 Å². The summed E-state index contributed by atoms with van der Waals surface area (Å²) in [5.41, 5.74) is 0. The summed E-state index contributed by atoms with van der Waals surface area (Å²) in [6.45, 7) is 4.34. The maximum absolute atomic E-state index is 12.2. The minimum absolute atomic E-state index is 0.0396. The number of nitrogens with one attached hydrogen (secondary N) is 1. The van der Waals surface area contributed by atoms with Crippen LogP contribution in [0.15, 0.2) is 29.9 Å². The highest BCUT2D eigenvalue weighted by Crippen LogP contribution is 2.35. The number of likely N-dealkylation sites (tertiary alicyclic amines) is 1. The van der Waals surface area contributed by atoms with Crippen LogP contribution in [0.2, 0.25) is 0 Å². The van der Waals surface area contributed by atoms with E-state index in [2.05, 4.69) is 33.2 Å². The molecule has 0 saturated carbocycles. The molecule has 1 atom stereocenters. The molecule has 3 heterocycles. The van der Waals surface area contributed by atoms with Crippen LogP contribution in [-0.2, 0) is 13.0 Å². The van der Waals surface area contributed by atoms with Crippen LogP contribution in [0.25, 0.3) is 0 Å². The van der Waals surface area contributed by atoms with Crippen LogP contribution in [0.3, 0.4) is 0 Å². The van der Waals surface area contributed by atoms with Gasteiger partial charge in [-0.05, 0) is 17.9 Å². The Labute approximate surface area is 128 Å². The number of urea groups is 1. The smallest absolute Gasteiger partial charge is 0.318 e. The van der Waals surface area contributed by atoms with Gasteiger partial charge < -0.3 is 14.8 Å². The van der Waals surface area contributed by atoms with E-state index < -0.39 is 0 Å². The Morgan fingerprint density at radius 3 is 3.14 bits per heavy atom. The number of carbonyl (C=O) groups excluding carboxylic acids is 1. The number of hydrogen-bond donors (Lipinski definition) is 1. The lowest BCUT2D eigenvalue weighted by atomic mass is 10.0. The van der Waals surface area contributed by atoms with Gasteiger partial charge in [0.2, 0.25) is 0 Å². The number of thiophene rings is 1. The van der Waals surface area contributed by atoms with Crippen molar-refractivity contribution < 1.29 is 4.79 Å². The third-order valence-electron chi connectivity index (χ3n) is 3.90. The van der Waals surface area contributed by atoms with Gasteiger partial charge in [0.05, 0.1) is 6.04 Å². The number of nitrogens with zero attached hydrogens (tertiary/aromatic N) is 3.